The van der Waals surface area contributed by atoms with Gasteiger partial charge in [-0.3, -0.25) is 0 Å². The maximum atomic E-state index is 3.28. The first-order valence-corrected chi connectivity index (χ1v) is 6.01. The molecule has 0 saturated carbocycles. The van der Waals surface area contributed by atoms with E-state index in [1.165, 1.54) is 31.4 Å². The third-order valence-electron chi connectivity index (χ3n) is 2.53. The summed E-state index contributed by atoms with van der Waals surface area (Å²) in [6.45, 7) is 6.76. The van der Waals surface area contributed by atoms with Crippen molar-refractivity contribution in [3.63, 3.8) is 0 Å². The van der Waals surface area contributed by atoms with Crippen LogP contribution in [0.1, 0.15) is 39.5 Å². The zero-order chi connectivity index (χ0) is 10.9. The lowest BCUT2D eigenvalue weighted by molar-refractivity contribution is 0.678. The van der Waals surface area contributed by atoms with Crippen LogP contribution in [0, 0.1) is 12.1 Å². The van der Waals surface area contributed by atoms with E-state index in [-0.39, 0.29) is 0 Å². The summed E-state index contributed by atoms with van der Waals surface area (Å²) < 4.78 is 0. The fourth-order valence-electron chi connectivity index (χ4n) is 1.58. The molecule has 0 aliphatic rings. The molecule has 0 saturated heterocycles. The van der Waals surface area contributed by atoms with Gasteiger partial charge in [-0.25, -0.2) is 0 Å². The van der Waals surface area contributed by atoms with Crippen LogP contribution in [0.4, 0.5) is 5.69 Å². The van der Waals surface area contributed by atoms with Crippen molar-refractivity contribution >= 4 is 5.69 Å². The molecule has 0 heterocycles. The van der Waals surface area contributed by atoms with Gasteiger partial charge in [0.15, 0.2) is 0 Å². The molecule has 2 radical (unpaired) electrons. The molecule has 0 aromatic heterocycles. The van der Waals surface area contributed by atoms with Crippen LogP contribution in [-0.4, -0.2) is 13.1 Å². The van der Waals surface area contributed by atoms with Crippen LogP contribution in [-0.2, 0) is 0 Å². The predicted octanol–water partition coefficient (Wildman–Crippen LogP) is 3.69. The molecule has 0 spiro atoms. The van der Waals surface area contributed by atoms with E-state index in [0.717, 1.165) is 13.1 Å². The molecule has 0 fully saturated rings. The van der Waals surface area contributed by atoms with E-state index in [1.807, 2.05) is 18.2 Å². The van der Waals surface area contributed by atoms with E-state index < -0.39 is 0 Å². The highest BCUT2D eigenvalue weighted by Gasteiger charge is 2.04. The highest BCUT2D eigenvalue weighted by molar-refractivity contribution is 5.44. The lowest BCUT2D eigenvalue weighted by Crippen LogP contribution is -2.25. The first kappa shape index (κ1) is 12.1. The maximum Gasteiger partial charge on any atom is 0.0452 e. The van der Waals surface area contributed by atoms with Gasteiger partial charge in [0.1, 0.15) is 0 Å². The zero-order valence-corrected chi connectivity index (χ0v) is 9.92. The molecular weight excluding hydrogens is 182 g/mol. The molecule has 0 bridgehead atoms. The van der Waals surface area contributed by atoms with Crippen molar-refractivity contribution in [3.8, 4) is 0 Å². The van der Waals surface area contributed by atoms with Crippen LogP contribution in [0.3, 0.4) is 0 Å². The number of anilines is 1. The Morgan fingerprint density at radius 2 is 1.73 bits per heavy atom. The van der Waals surface area contributed by atoms with Gasteiger partial charge in [-0.1, -0.05) is 38.8 Å². The van der Waals surface area contributed by atoms with Gasteiger partial charge < -0.3 is 4.90 Å². The molecule has 0 aliphatic carbocycles. The Bertz CT molecular complexity index is 235. The van der Waals surface area contributed by atoms with Gasteiger partial charge in [-0.2, -0.15) is 0 Å². The molecule has 1 heteroatoms. The van der Waals surface area contributed by atoms with Crippen molar-refractivity contribution in [2.75, 3.05) is 18.0 Å². The maximum absolute atomic E-state index is 3.28. The standard InChI is InChI=1S/C14H21N/c1-3-5-12-15(13-6-4-2)14-10-8-7-9-11-14/h7-8,11H,3-6,12-13H2,1-2H3. The van der Waals surface area contributed by atoms with E-state index >= 15 is 0 Å². The smallest absolute Gasteiger partial charge is 0.0452 e. The van der Waals surface area contributed by atoms with Crippen molar-refractivity contribution in [1.82, 2.24) is 0 Å². The highest BCUT2D eigenvalue weighted by atomic mass is 15.1. The SMILES string of the molecule is CCCCN(CCCC)c1[c]cc[c]c1. The fourth-order valence-corrected chi connectivity index (χ4v) is 1.58. The molecule has 0 unspecified atom stereocenters. The van der Waals surface area contributed by atoms with Crippen molar-refractivity contribution < 1.29 is 0 Å². The molecule has 1 nitrogen and oxygen atoms in total. The van der Waals surface area contributed by atoms with Crippen molar-refractivity contribution in [3.05, 3.63) is 30.3 Å². The summed E-state index contributed by atoms with van der Waals surface area (Å²) >= 11 is 0. The van der Waals surface area contributed by atoms with Gasteiger partial charge in [0.25, 0.3) is 0 Å². The van der Waals surface area contributed by atoms with Gasteiger partial charge >= 0.3 is 0 Å². The van der Waals surface area contributed by atoms with Gasteiger partial charge in [-0.15, -0.1) is 0 Å². The summed E-state index contributed by atoms with van der Waals surface area (Å²) in [6.07, 6.45) is 5.01. The molecule has 1 aromatic carbocycles. The molecule has 0 amide bonds. The van der Waals surface area contributed by atoms with E-state index in [0.29, 0.717) is 0 Å². The quantitative estimate of drug-likeness (QED) is 0.653. The van der Waals surface area contributed by atoms with Gasteiger partial charge in [0.05, 0.1) is 0 Å². The number of nitrogens with zero attached hydrogens (tertiary/aromatic N) is 1. The second kappa shape index (κ2) is 7.33. The summed E-state index contributed by atoms with van der Waals surface area (Å²) in [7, 11) is 0. The topological polar surface area (TPSA) is 3.24 Å². The monoisotopic (exact) mass is 203 g/mol. The van der Waals surface area contributed by atoms with Crippen LogP contribution in [0.25, 0.3) is 0 Å². The summed E-state index contributed by atoms with van der Waals surface area (Å²) in [5.74, 6) is 0. The predicted molar refractivity (Wildman–Crippen MR) is 66.1 cm³/mol. The summed E-state index contributed by atoms with van der Waals surface area (Å²) in [5, 5.41) is 0. The molecule has 0 atom stereocenters. The number of unbranched alkanes of at least 4 members (excludes halogenated alkanes) is 2. The number of hydrogen-bond acceptors (Lipinski definition) is 1. The van der Waals surface area contributed by atoms with Gasteiger partial charge in [-0.05, 0) is 25.0 Å². The zero-order valence-electron chi connectivity index (χ0n) is 9.92. The van der Waals surface area contributed by atoms with Crippen LogP contribution in [0.2, 0.25) is 0 Å². The Labute approximate surface area is 94.1 Å². The lowest BCUT2D eigenvalue weighted by atomic mass is 10.2. The minimum Gasteiger partial charge on any atom is -0.371 e. The molecule has 0 aliphatic heterocycles. The fraction of sp³-hybridized carbons (Fsp3) is 0.571. The second-order valence-electron chi connectivity index (χ2n) is 3.87. The molecule has 82 valence electrons. The largest absolute Gasteiger partial charge is 0.371 e. The van der Waals surface area contributed by atoms with E-state index in [4.69, 9.17) is 0 Å². The molecular formula is C14H21N. The Hall–Kier alpha value is -0.980. The molecule has 1 rings (SSSR count). The molecule has 15 heavy (non-hydrogen) atoms. The van der Waals surface area contributed by atoms with Crippen LogP contribution >= 0.6 is 0 Å². The Morgan fingerprint density at radius 1 is 1.07 bits per heavy atom. The third kappa shape index (κ3) is 4.37. The number of benzene rings is 1. The summed E-state index contributed by atoms with van der Waals surface area (Å²) in [5.41, 5.74) is 1.19. The van der Waals surface area contributed by atoms with Crippen LogP contribution in [0.15, 0.2) is 18.2 Å². The Kier molecular flexibility index (Phi) is 5.91. The summed E-state index contributed by atoms with van der Waals surface area (Å²) in [4.78, 5) is 2.42. The first-order valence-electron chi connectivity index (χ1n) is 6.01. The summed E-state index contributed by atoms with van der Waals surface area (Å²) in [6, 6.07) is 12.3. The minimum atomic E-state index is 1.14. The average molecular weight is 203 g/mol. The third-order valence-corrected chi connectivity index (χ3v) is 2.53. The second-order valence-corrected chi connectivity index (χ2v) is 3.87. The van der Waals surface area contributed by atoms with Crippen molar-refractivity contribution in [1.29, 1.82) is 0 Å². The minimum absolute atomic E-state index is 1.14. The van der Waals surface area contributed by atoms with Crippen LogP contribution < -0.4 is 4.90 Å². The van der Waals surface area contributed by atoms with Crippen molar-refractivity contribution in [2.45, 2.75) is 39.5 Å². The number of rotatable bonds is 7. The first-order chi connectivity index (χ1) is 7.38. The molecule has 1 aromatic rings. The van der Waals surface area contributed by atoms with E-state index in [1.54, 1.807) is 0 Å². The van der Waals surface area contributed by atoms with Crippen LogP contribution in [0.5, 0.6) is 0 Å². The highest BCUT2D eigenvalue weighted by Crippen LogP contribution is 2.13. The lowest BCUT2D eigenvalue weighted by Gasteiger charge is -2.24. The van der Waals surface area contributed by atoms with E-state index in [9.17, 15) is 0 Å². The Morgan fingerprint density at radius 3 is 2.20 bits per heavy atom. The van der Waals surface area contributed by atoms with Crippen molar-refractivity contribution in [2.24, 2.45) is 0 Å². The normalized spacial score (nSPS) is 10.3. The van der Waals surface area contributed by atoms with Gasteiger partial charge in [0, 0.05) is 24.8 Å². The number of hydrogen-bond donors (Lipinski definition) is 0. The molecule has 0 N–H and O–H groups in total. The Balaban J connectivity index is 2.55. The van der Waals surface area contributed by atoms with E-state index in [2.05, 4.69) is 30.9 Å². The van der Waals surface area contributed by atoms with Gasteiger partial charge in [0.2, 0.25) is 0 Å². The average Bonchev–Trinajstić information content (AvgIpc) is 2.30.